The molecule has 4 unspecified atom stereocenters. The Morgan fingerprint density at radius 2 is 1.80 bits per heavy atom. The van der Waals surface area contributed by atoms with E-state index in [0.29, 0.717) is 25.3 Å². The number of amides is 1. The SMILES string of the molecule is CCCC1C2=CCC3[C@@]4(C)CC(C(=O)NCCc5cccnc5)C(=O)C(C)(C)C4CC[C@@]3(C)[C@]2(C)CC[C@]1(CCC)C(=O)O. The quantitative estimate of drug-likeness (QED) is 0.221. The van der Waals surface area contributed by atoms with E-state index in [-0.39, 0.29) is 39.8 Å². The number of hydrogen-bond acceptors (Lipinski definition) is 4. The van der Waals surface area contributed by atoms with Crippen molar-refractivity contribution in [3.8, 4) is 0 Å². The number of carboxylic acid groups (broad SMARTS) is 1. The zero-order valence-corrected chi connectivity index (χ0v) is 28.3. The predicted octanol–water partition coefficient (Wildman–Crippen LogP) is 7.81. The summed E-state index contributed by atoms with van der Waals surface area (Å²) >= 11 is 0. The number of allylic oxidation sites excluding steroid dienone is 2. The largest absolute Gasteiger partial charge is 0.481 e. The Hall–Kier alpha value is -2.50. The van der Waals surface area contributed by atoms with Gasteiger partial charge in [0.15, 0.2) is 5.78 Å². The summed E-state index contributed by atoms with van der Waals surface area (Å²) in [4.78, 5) is 44.9. The van der Waals surface area contributed by atoms with E-state index in [4.69, 9.17) is 0 Å². The number of nitrogens with one attached hydrogen (secondary N) is 1. The van der Waals surface area contributed by atoms with Crippen molar-refractivity contribution < 1.29 is 19.5 Å². The summed E-state index contributed by atoms with van der Waals surface area (Å²) in [6, 6.07) is 3.91. The van der Waals surface area contributed by atoms with Crippen LogP contribution in [-0.2, 0) is 20.8 Å². The summed E-state index contributed by atoms with van der Waals surface area (Å²) < 4.78 is 0. The second kappa shape index (κ2) is 11.7. The summed E-state index contributed by atoms with van der Waals surface area (Å²) in [5.41, 5.74) is 0.910. The molecule has 0 spiro atoms. The molecule has 1 heterocycles. The molecule has 1 aromatic heterocycles. The number of hydrogen-bond donors (Lipinski definition) is 2. The number of fused-ring (bicyclic) bond motifs is 5. The van der Waals surface area contributed by atoms with E-state index in [2.05, 4.69) is 64.8 Å². The highest BCUT2D eigenvalue weighted by Gasteiger charge is 2.69. The number of pyridine rings is 1. The van der Waals surface area contributed by atoms with Crippen LogP contribution in [0.1, 0.15) is 118 Å². The molecule has 4 aliphatic rings. The van der Waals surface area contributed by atoms with Crippen molar-refractivity contribution in [2.24, 2.45) is 50.7 Å². The second-order valence-electron chi connectivity index (χ2n) is 16.1. The fourth-order valence-electron chi connectivity index (χ4n) is 11.5. The van der Waals surface area contributed by atoms with Crippen molar-refractivity contribution in [2.75, 3.05) is 6.54 Å². The lowest BCUT2D eigenvalue weighted by atomic mass is 9.33. The average molecular weight is 605 g/mol. The molecule has 4 aliphatic carbocycles. The van der Waals surface area contributed by atoms with Gasteiger partial charge in [0.2, 0.25) is 5.91 Å². The fraction of sp³-hybridized carbons (Fsp3) is 0.737. The van der Waals surface area contributed by atoms with Gasteiger partial charge in [0.25, 0.3) is 0 Å². The number of Topliss-reactive ketones (excluding diaryl/α,β-unsaturated/α-hetero) is 1. The number of rotatable bonds is 9. The summed E-state index contributed by atoms with van der Waals surface area (Å²) in [6.45, 7) is 16.3. The number of carbonyl (C=O) groups is 3. The molecule has 3 fully saturated rings. The van der Waals surface area contributed by atoms with Gasteiger partial charge in [-0.05, 0) is 103 Å². The maximum atomic E-state index is 14.0. The van der Waals surface area contributed by atoms with Gasteiger partial charge >= 0.3 is 5.97 Å². The predicted molar refractivity (Wildman–Crippen MR) is 174 cm³/mol. The van der Waals surface area contributed by atoms with E-state index >= 15 is 0 Å². The van der Waals surface area contributed by atoms with E-state index in [1.54, 1.807) is 6.20 Å². The van der Waals surface area contributed by atoms with Crippen LogP contribution in [0.15, 0.2) is 36.2 Å². The summed E-state index contributed by atoms with van der Waals surface area (Å²) in [7, 11) is 0. The number of aliphatic carboxylic acids is 1. The van der Waals surface area contributed by atoms with Crippen LogP contribution in [0, 0.1) is 50.7 Å². The molecule has 0 bridgehead atoms. The van der Waals surface area contributed by atoms with Crippen LogP contribution >= 0.6 is 0 Å². The van der Waals surface area contributed by atoms with E-state index in [0.717, 1.165) is 63.4 Å². The molecule has 6 nitrogen and oxygen atoms in total. The standard InChI is InChI=1S/C38H56N2O4/c1-8-11-28-27-13-14-30-35(5)23-26(32(42)40-22-16-25-12-10-21-39-24-25)31(41)34(3,4)29(35)15-18-37(30,7)36(27,6)19-20-38(28,17-9-2)33(43)44/h10,12-13,21,24,26,28-30H,8-9,11,14-20,22-23H2,1-7H3,(H,40,42)(H,43,44)/t26?,28?,29?,30?,35-,36+,37+,38-/m0/s1. The molecule has 5 rings (SSSR count). The van der Waals surface area contributed by atoms with Gasteiger partial charge in [-0.2, -0.15) is 0 Å². The van der Waals surface area contributed by atoms with Crippen molar-refractivity contribution in [3.63, 3.8) is 0 Å². The average Bonchev–Trinajstić information content (AvgIpc) is 2.97. The molecule has 0 radical (unpaired) electrons. The topological polar surface area (TPSA) is 96.4 Å². The van der Waals surface area contributed by atoms with Crippen LogP contribution in [0.4, 0.5) is 0 Å². The zero-order chi connectivity index (χ0) is 32.1. The maximum Gasteiger partial charge on any atom is 0.310 e. The summed E-state index contributed by atoms with van der Waals surface area (Å²) in [5, 5.41) is 13.8. The van der Waals surface area contributed by atoms with Gasteiger partial charge in [-0.3, -0.25) is 19.4 Å². The lowest BCUT2D eigenvalue weighted by Gasteiger charge is -2.70. The number of aromatic nitrogens is 1. The fourth-order valence-corrected chi connectivity index (χ4v) is 11.5. The molecule has 0 aliphatic heterocycles. The third-order valence-electron chi connectivity index (χ3n) is 13.8. The Labute approximate surface area is 265 Å². The van der Waals surface area contributed by atoms with Gasteiger partial charge in [-0.15, -0.1) is 0 Å². The minimum atomic E-state index is -0.682. The lowest BCUT2D eigenvalue weighted by Crippen LogP contribution is -2.66. The normalized spacial score (nSPS) is 39.3. The minimum absolute atomic E-state index is 0.0248. The molecule has 6 heteroatoms. The number of carboxylic acids is 1. The van der Waals surface area contributed by atoms with E-state index < -0.39 is 22.7 Å². The Morgan fingerprint density at radius 3 is 2.43 bits per heavy atom. The minimum Gasteiger partial charge on any atom is -0.481 e. The van der Waals surface area contributed by atoms with Gasteiger partial charge in [0, 0.05) is 24.4 Å². The van der Waals surface area contributed by atoms with Gasteiger partial charge in [-0.25, -0.2) is 0 Å². The molecule has 0 saturated heterocycles. The number of carbonyl (C=O) groups excluding carboxylic acids is 2. The Morgan fingerprint density at radius 1 is 1.05 bits per heavy atom. The molecule has 8 atom stereocenters. The Bertz CT molecular complexity index is 1300. The van der Waals surface area contributed by atoms with Crippen LogP contribution in [0.3, 0.4) is 0 Å². The zero-order valence-electron chi connectivity index (χ0n) is 28.3. The summed E-state index contributed by atoms with van der Waals surface area (Å²) in [5.74, 6) is -0.707. The first-order valence-electron chi connectivity index (χ1n) is 17.4. The highest BCUT2D eigenvalue weighted by Crippen LogP contribution is 2.75. The van der Waals surface area contributed by atoms with Gasteiger partial charge in [0.05, 0.1) is 11.3 Å². The monoisotopic (exact) mass is 604 g/mol. The molecule has 44 heavy (non-hydrogen) atoms. The van der Waals surface area contributed by atoms with Crippen LogP contribution < -0.4 is 5.32 Å². The van der Waals surface area contributed by atoms with Crippen molar-refractivity contribution in [1.29, 1.82) is 0 Å². The molecular formula is C38H56N2O4. The smallest absolute Gasteiger partial charge is 0.310 e. The maximum absolute atomic E-state index is 14.0. The second-order valence-corrected chi connectivity index (χ2v) is 16.1. The van der Waals surface area contributed by atoms with Crippen LogP contribution in [0.5, 0.6) is 0 Å². The van der Waals surface area contributed by atoms with Crippen LogP contribution in [0.25, 0.3) is 0 Å². The molecule has 1 amide bonds. The first-order chi connectivity index (χ1) is 20.7. The van der Waals surface area contributed by atoms with Crippen molar-refractivity contribution >= 4 is 17.7 Å². The third kappa shape index (κ3) is 4.80. The van der Waals surface area contributed by atoms with E-state index in [9.17, 15) is 19.5 Å². The van der Waals surface area contributed by atoms with E-state index in [1.807, 2.05) is 18.3 Å². The lowest BCUT2D eigenvalue weighted by molar-refractivity contribution is -0.193. The molecular weight excluding hydrogens is 548 g/mol. The molecule has 2 N–H and O–H groups in total. The highest BCUT2D eigenvalue weighted by molar-refractivity contribution is 6.04. The third-order valence-corrected chi connectivity index (χ3v) is 13.8. The van der Waals surface area contributed by atoms with Crippen LogP contribution in [-0.4, -0.2) is 34.3 Å². The molecule has 242 valence electrons. The Kier molecular flexibility index (Phi) is 8.74. The first kappa shape index (κ1) is 32.9. The van der Waals surface area contributed by atoms with Gasteiger partial charge < -0.3 is 10.4 Å². The number of ketones is 1. The molecule has 1 aromatic rings. The van der Waals surface area contributed by atoms with E-state index in [1.165, 1.54) is 5.57 Å². The van der Waals surface area contributed by atoms with Crippen LogP contribution in [0.2, 0.25) is 0 Å². The van der Waals surface area contributed by atoms with Crippen molar-refractivity contribution in [2.45, 2.75) is 119 Å². The highest BCUT2D eigenvalue weighted by atomic mass is 16.4. The first-order valence-corrected chi connectivity index (χ1v) is 17.4. The molecule has 0 aromatic carbocycles. The van der Waals surface area contributed by atoms with Crippen molar-refractivity contribution in [3.05, 3.63) is 41.7 Å². The van der Waals surface area contributed by atoms with Crippen molar-refractivity contribution in [1.82, 2.24) is 10.3 Å². The van der Waals surface area contributed by atoms with Gasteiger partial charge in [0.1, 0.15) is 0 Å². The summed E-state index contributed by atoms with van der Waals surface area (Å²) in [6.07, 6.45) is 15.3. The van der Waals surface area contributed by atoms with Gasteiger partial charge in [-0.1, -0.05) is 79.0 Å². The molecule has 3 saturated carbocycles. The number of nitrogens with zero attached hydrogens (tertiary/aromatic N) is 1. The Balaban J connectivity index is 1.48.